The smallest absolute Gasteiger partial charge is 0.260 e. The second-order valence-corrected chi connectivity index (χ2v) is 5.49. The lowest BCUT2D eigenvalue weighted by molar-refractivity contribution is -0.139. The molecule has 1 saturated heterocycles. The van der Waals surface area contributed by atoms with Crippen LogP contribution in [0.3, 0.4) is 0 Å². The zero-order valence-electron chi connectivity index (χ0n) is 12.2. The lowest BCUT2D eigenvalue weighted by atomic mass is 9.98. The molecule has 4 heteroatoms. The number of aliphatic hydroxyl groups excluding tert-OH is 1. The SMILES string of the molecule is Cc1ccc(OCC(=O)N2CCCC[C@@H]2[C@H](C)O)cc1. The van der Waals surface area contributed by atoms with Gasteiger partial charge in [-0.1, -0.05) is 17.7 Å². The van der Waals surface area contributed by atoms with Crippen molar-refractivity contribution in [2.75, 3.05) is 13.2 Å². The maximum Gasteiger partial charge on any atom is 0.260 e. The number of amides is 1. The fourth-order valence-electron chi connectivity index (χ4n) is 2.63. The van der Waals surface area contributed by atoms with Crippen molar-refractivity contribution in [3.8, 4) is 5.75 Å². The third kappa shape index (κ3) is 3.73. The van der Waals surface area contributed by atoms with Crippen molar-refractivity contribution in [3.05, 3.63) is 29.8 Å². The van der Waals surface area contributed by atoms with Crippen molar-refractivity contribution < 1.29 is 14.6 Å². The molecule has 2 rings (SSSR count). The van der Waals surface area contributed by atoms with Crippen molar-refractivity contribution in [1.82, 2.24) is 4.90 Å². The number of aryl methyl sites for hydroxylation is 1. The standard InChI is InChI=1S/C16H23NO3/c1-12-6-8-14(9-7-12)20-11-16(19)17-10-4-3-5-15(17)13(2)18/h6-9,13,15,18H,3-5,10-11H2,1-2H3/t13-,15+/m0/s1. The Balaban J connectivity index is 1.91. The van der Waals surface area contributed by atoms with Crippen molar-refractivity contribution in [2.24, 2.45) is 0 Å². The summed E-state index contributed by atoms with van der Waals surface area (Å²) >= 11 is 0. The average molecular weight is 277 g/mol. The Morgan fingerprint density at radius 3 is 2.75 bits per heavy atom. The Kier molecular flexibility index (Phi) is 5.01. The van der Waals surface area contributed by atoms with Gasteiger partial charge in [-0.05, 0) is 45.2 Å². The number of benzene rings is 1. The Morgan fingerprint density at radius 1 is 1.40 bits per heavy atom. The van der Waals surface area contributed by atoms with E-state index in [9.17, 15) is 9.90 Å². The maximum absolute atomic E-state index is 12.2. The zero-order valence-corrected chi connectivity index (χ0v) is 12.2. The van der Waals surface area contributed by atoms with Crippen LogP contribution in [0.1, 0.15) is 31.7 Å². The summed E-state index contributed by atoms with van der Waals surface area (Å²) in [5, 5.41) is 9.78. The number of ether oxygens (including phenoxy) is 1. The molecular formula is C16H23NO3. The summed E-state index contributed by atoms with van der Waals surface area (Å²) in [5.41, 5.74) is 1.16. The maximum atomic E-state index is 12.2. The monoisotopic (exact) mass is 277 g/mol. The van der Waals surface area contributed by atoms with Crippen LogP contribution in [0.2, 0.25) is 0 Å². The molecule has 1 aromatic carbocycles. The highest BCUT2D eigenvalue weighted by atomic mass is 16.5. The van der Waals surface area contributed by atoms with Gasteiger partial charge in [0.25, 0.3) is 5.91 Å². The molecule has 1 aliphatic heterocycles. The Bertz CT molecular complexity index is 442. The molecule has 1 heterocycles. The van der Waals surface area contributed by atoms with Crippen molar-refractivity contribution in [1.29, 1.82) is 0 Å². The topological polar surface area (TPSA) is 49.8 Å². The van der Waals surface area contributed by atoms with Gasteiger partial charge in [-0.2, -0.15) is 0 Å². The number of piperidine rings is 1. The van der Waals surface area contributed by atoms with Gasteiger partial charge in [-0.15, -0.1) is 0 Å². The third-order valence-electron chi connectivity index (χ3n) is 3.81. The van der Waals surface area contributed by atoms with Gasteiger partial charge in [0.2, 0.25) is 0 Å². The van der Waals surface area contributed by atoms with Crippen molar-refractivity contribution in [2.45, 2.75) is 45.3 Å². The predicted molar refractivity (Wildman–Crippen MR) is 77.7 cm³/mol. The Morgan fingerprint density at radius 2 is 2.10 bits per heavy atom. The molecule has 1 fully saturated rings. The van der Waals surface area contributed by atoms with Gasteiger partial charge in [0.15, 0.2) is 6.61 Å². The van der Waals surface area contributed by atoms with Crippen LogP contribution in [0.4, 0.5) is 0 Å². The summed E-state index contributed by atoms with van der Waals surface area (Å²) in [4.78, 5) is 14.0. The first-order chi connectivity index (χ1) is 9.58. The lowest BCUT2D eigenvalue weighted by Gasteiger charge is -2.37. The minimum atomic E-state index is -0.487. The molecule has 0 radical (unpaired) electrons. The second-order valence-electron chi connectivity index (χ2n) is 5.49. The van der Waals surface area contributed by atoms with E-state index in [0.29, 0.717) is 12.3 Å². The number of hydrogen-bond donors (Lipinski definition) is 1. The molecule has 1 aliphatic rings. The molecular weight excluding hydrogens is 254 g/mol. The molecule has 0 bridgehead atoms. The van der Waals surface area contributed by atoms with Crippen LogP contribution in [0.15, 0.2) is 24.3 Å². The number of aliphatic hydroxyl groups is 1. The molecule has 2 atom stereocenters. The van der Waals surface area contributed by atoms with E-state index in [0.717, 1.165) is 24.8 Å². The zero-order chi connectivity index (χ0) is 14.5. The van der Waals surface area contributed by atoms with Crippen molar-refractivity contribution >= 4 is 5.91 Å². The second kappa shape index (κ2) is 6.75. The molecule has 4 nitrogen and oxygen atoms in total. The van der Waals surface area contributed by atoms with Crippen LogP contribution in [-0.4, -0.2) is 41.2 Å². The van der Waals surface area contributed by atoms with Crippen LogP contribution in [0.5, 0.6) is 5.75 Å². The minimum absolute atomic E-state index is 0.0340. The summed E-state index contributed by atoms with van der Waals surface area (Å²) in [6.45, 7) is 4.50. The molecule has 110 valence electrons. The van der Waals surface area contributed by atoms with E-state index in [1.807, 2.05) is 31.2 Å². The largest absolute Gasteiger partial charge is 0.484 e. The Hall–Kier alpha value is -1.55. The lowest BCUT2D eigenvalue weighted by Crippen LogP contribution is -2.50. The van der Waals surface area contributed by atoms with Crippen LogP contribution < -0.4 is 4.74 Å². The van der Waals surface area contributed by atoms with Crippen LogP contribution in [-0.2, 0) is 4.79 Å². The summed E-state index contributed by atoms with van der Waals surface area (Å²) in [6.07, 6.45) is 2.45. The quantitative estimate of drug-likeness (QED) is 0.917. The van der Waals surface area contributed by atoms with Gasteiger partial charge in [-0.3, -0.25) is 4.79 Å². The third-order valence-corrected chi connectivity index (χ3v) is 3.81. The summed E-state index contributed by atoms with van der Waals surface area (Å²) < 4.78 is 5.53. The highest BCUT2D eigenvalue weighted by Crippen LogP contribution is 2.20. The number of rotatable bonds is 4. The van der Waals surface area contributed by atoms with Gasteiger partial charge < -0.3 is 14.7 Å². The number of nitrogens with zero attached hydrogens (tertiary/aromatic N) is 1. The van der Waals surface area contributed by atoms with Crippen LogP contribution in [0, 0.1) is 6.92 Å². The summed E-state index contributed by atoms with van der Waals surface area (Å²) in [5.74, 6) is 0.658. The van der Waals surface area contributed by atoms with Crippen LogP contribution in [0.25, 0.3) is 0 Å². The molecule has 0 aromatic heterocycles. The van der Waals surface area contributed by atoms with Gasteiger partial charge in [0.1, 0.15) is 5.75 Å². The van der Waals surface area contributed by atoms with Gasteiger partial charge >= 0.3 is 0 Å². The number of carbonyl (C=O) groups is 1. The first-order valence-corrected chi connectivity index (χ1v) is 7.25. The fourth-order valence-corrected chi connectivity index (χ4v) is 2.63. The fraction of sp³-hybridized carbons (Fsp3) is 0.562. The van der Waals surface area contributed by atoms with E-state index in [2.05, 4.69) is 0 Å². The first kappa shape index (κ1) is 14.9. The van der Waals surface area contributed by atoms with E-state index in [1.165, 1.54) is 0 Å². The number of carbonyl (C=O) groups excluding carboxylic acids is 1. The molecule has 1 N–H and O–H groups in total. The summed E-state index contributed by atoms with van der Waals surface area (Å²) in [7, 11) is 0. The number of likely N-dealkylation sites (tertiary alicyclic amines) is 1. The predicted octanol–water partition coefficient (Wildman–Crippen LogP) is 2.14. The molecule has 0 unspecified atom stereocenters. The molecule has 20 heavy (non-hydrogen) atoms. The van der Waals surface area contributed by atoms with Gasteiger partial charge in [-0.25, -0.2) is 0 Å². The van der Waals surface area contributed by atoms with Crippen molar-refractivity contribution in [3.63, 3.8) is 0 Å². The van der Waals surface area contributed by atoms with Gasteiger partial charge in [0.05, 0.1) is 12.1 Å². The first-order valence-electron chi connectivity index (χ1n) is 7.25. The molecule has 0 saturated carbocycles. The minimum Gasteiger partial charge on any atom is -0.484 e. The Labute approximate surface area is 120 Å². The number of hydrogen-bond acceptors (Lipinski definition) is 3. The van der Waals surface area contributed by atoms with E-state index in [1.54, 1.807) is 11.8 Å². The van der Waals surface area contributed by atoms with E-state index >= 15 is 0 Å². The molecule has 1 amide bonds. The van der Waals surface area contributed by atoms with E-state index in [-0.39, 0.29) is 18.6 Å². The molecule has 1 aromatic rings. The van der Waals surface area contributed by atoms with E-state index < -0.39 is 6.10 Å². The molecule has 0 aliphatic carbocycles. The summed E-state index contributed by atoms with van der Waals surface area (Å²) in [6, 6.07) is 7.58. The normalized spacial score (nSPS) is 20.6. The van der Waals surface area contributed by atoms with E-state index in [4.69, 9.17) is 4.74 Å². The van der Waals surface area contributed by atoms with Crippen LogP contribution >= 0.6 is 0 Å². The average Bonchev–Trinajstić information content (AvgIpc) is 2.46. The highest BCUT2D eigenvalue weighted by Gasteiger charge is 2.29. The molecule has 0 spiro atoms. The van der Waals surface area contributed by atoms with Gasteiger partial charge in [0, 0.05) is 6.54 Å². The highest BCUT2D eigenvalue weighted by molar-refractivity contribution is 5.78.